The van der Waals surface area contributed by atoms with Crippen LogP contribution in [0.4, 0.5) is 0 Å². The van der Waals surface area contributed by atoms with Crippen LogP contribution in [-0.4, -0.2) is 31.3 Å². The molecule has 0 saturated heterocycles. The minimum Gasteiger partial charge on any atom is -0.504 e. The van der Waals surface area contributed by atoms with E-state index in [1.807, 2.05) is 60.9 Å². The molecule has 1 aliphatic rings. The maximum absolute atomic E-state index is 13.3. The van der Waals surface area contributed by atoms with Crippen LogP contribution in [0.15, 0.2) is 84.1 Å². The van der Waals surface area contributed by atoms with E-state index < -0.39 is 23.1 Å². The number of aromatic amines is 1. The quantitative estimate of drug-likeness (QED) is 0.290. The minimum absolute atomic E-state index is 0.187. The van der Waals surface area contributed by atoms with E-state index in [2.05, 4.69) is 4.98 Å². The van der Waals surface area contributed by atoms with Gasteiger partial charge in [-0.05, 0) is 26.0 Å². The molecule has 0 saturated carbocycles. The molecule has 0 atom stereocenters. The number of Topliss-reactive ketones (excluding diaryl/α,β-unsaturated/α-hetero) is 2. The second kappa shape index (κ2) is 7.67. The van der Waals surface area contributed by atoms with E-state index in [0.717, 1.165) is 16.6 Å². The number of allylic oxidation sites excluding steroid dienone is 4. The van der Waals surface area contributed by atoms with Gasteiger partial charge in [-0.25, -0.2) is 0 Å². The first-order chi connectivity index (χ1) is 15.9. The van der Waals surface area contributed by atoms with Crippen LogP contribution in [0.2, 0.25) is 0 Å². The van der Waals surface area contributed by atoms with Gasteiger partial charge in [0.1, 0.15) is 0 Å². The average molecular weight is 438 g/mol. The van der Waals surface area contributed by atoms with Gasteiger partial charge < -0.3 is 19.8 Å². The lowest BCUT2D eigenvalue weighted by molar-refractivity contribution is -0.116. The van der Waals surface area contributed by atoms with Crippen molar-refractivity contribution in [2.24, 2.45) is 0 Å². The smallest absolute Gasteiger partial charge is 0.232 e. The first-order valence-electron chi connectivity index (χ1n) is 10.6. The summed E-state index contributed by atoms with van der Waals surface area (Å²) < 4.78 is 1.95. The first kappa shape index (κ1) is 20.6. The van der Waals surface area contributed by atoms with Crippen molar-refractivity contribution in [1.82, 2.24) is 9.55 Å². The van der Waals surface area contributed by atoms with Gasteiger partial charge in [0.25, 0.3) is 0 Å². The van der Waals surface area contributed by atoms with Crippen LogP contribution >= 0.6 is 0 Å². The van der Waals surface area contributed by atoms with E-state index in [9.17, 15) is 19.8 Å². The molecule has 0 spiro atoms. The summed E-state index contributed by atoms with van der Waals surface area (Å²) in [4.78, 5) is 29.6. The van der Waals surface area contributed by atoms with Crippen LogP contribution < -0.4 is 0 Å². The summed E-state index contributed by atoms with van der Waals surface area (Å²) in [6.45, 7) is 4.57. The van der Waals surface area contributed by atoms with Crippen molar-refractivity contribution < 1.29 is 19.8 Å². The van der Waals surface area contributed by atoms with Gasteiger partial charge in [0.05, 0.1) is 11.1 Å². The molecule has 4 aromatic rings. The topological polar surface area (TPSA) is 95.3 Å². The highest BCUT2D eigenvalue weighted by Gasteiger charge is 2.38. The summed E-state index contributed by atoms with van der Waals surface area (Å²) in [5.74, 6) is -2.90. The zero-order chi connectivity index (χ0) is 23.3. The highest BCUT2D eigenvalue weighted by atomic mass is 16.3. The van der Waals surface area contributed by atoms with Gasteiger partial charge in [0.2, 0.25) is 11.6 Å². The number of fused-ring (bicyclic) bond motifs is 2. The molecule has 2 aromatic carbocycles. The first-order valence-corrected chi connectivity index (χ1v) is 10.6. The maximum atomic E-state index is 13.3. The lowest BCUT2D eigenvalue weighted by atomic mass is 9.86. The average Bonchev–Trinajstić information content (AvgIpc) is 3.39. The molecule has 0 unspecified atom stereocenters. The van der Waals surface area contributed by atoms with Crippen LogP contribution in [0, 0.1) is 0 Å². The fourth-order valence-corrected chi connectivity index (χ4v) is 4.34. The number of aromatic nitrogens is 2. The van der Waals surface area contributed by atoms with Crippen molar-refractivity contribution in [2.75, 3.05) is 0 Å². The highest BCUT2D eigenvalue weighted by molar-refractivity contribution is 6.48. The monoisotopic (exact) mass is 438 g/mol. The van der Waals surface area contributed by atoms with Crippen LogP contribution in [0.3, 0.4) is 0 Å². The number of benzene rings is 2. The van der Waals surface area contributed by atoms with Crippen molar-refractivity contribution in [1.29, 1.82) is 0 Å². The van der Waals surface area contributed by atoms with Gasteiger partial charge in [-0.1, -0.05) is 48.0 Å². The third-order valence-electron chi connectivity index (χ3n) is 5.97. The predicted molar refractivity (Wildman–Crippen MR) is 129 cm³/mol. The SMILES string of the molecule is CC(C)=CCn1cc(C2=C(O)C(=O)C(c3c[nH]c4ccccc34)=C(O)C2=O)c2ccccc21. The van der Waals surface area contributed by atoms with Crippen molar-refractivity contribution in [2.45, 2.75) is 20.4 Å². The Hall–Kier alpha value is -4.32. The second-order valence-corrected chi connectivity index (χ2v) is 8.35. The number of para-hydroxylation sites is 2. The summed E-state index contributed by atoms with van der Waals surface area (Å²) in [5, 5.41) is 23.2. The standard InChI is InChI=1S/C27H22N2O4/c1-15(2)11-12-29-14-19(17-8-4-6-10-21(17)29)23-26(32)24(30)22(25(31)27(23)33)18-13-28-20-9-5-3-7-16(18)20/h3-11,13-14,28,30,33H,12H2,1-2H3. The molecule has 6 nitrogen and oxygen atoms in total. The number of aliphatic hydroxyl groups excluding tert-OH is 2. The minimum atomic E-state index is -0.784. The molecular weight excluding hydrogens is 416 g/mol. The Balaban J connectivity index is 1.68. The molecule has 2 heterocycles. The number of nitrogens with zero attached hydrogens (tertiary/aromatic N) is 1. The molecule has 0 bridgehead atoms. The molecule has 0 amide bonds. The molecule has 2 aromatic heterocycles. The van der Waals surface area contributed by atoms with Crippen LogP contribution in [0.1, 0.15) is 25.0 Å². The largest absolute Gasteiger partial charge is 0.504 e. The number of ketones is 2. The number of carbonyl (C=O) groups is 2. The van der Waals surface area contributed by atoms with Crippen LogP contribution in [0.5, 0.6) is 0 Å². The van der Waals surface area contributed by atoms with E-state index in [0.29, 0.717) is 28.4 Å². The number of carbonyl (C=O) groups excluding carboxylic acids is 2. The van der Waals surface area contributed by atoms with E-state index in [1.165, 1.54) is 0 Å². The molecular formula is C27H22N2O4. The molecule has 3 N–H and O–H groups in total. The summed E-state index contributed by atoms with van der Waals surface area (Å²) in [6, 6.07) is 14.7. The molecule has 6 heteroatoms. The summed E-state index contributed by atoms with van der Waals surface area (Å²) >= 11 is 0. The van der Waals surface area contributed by atoms with Crippen molar-refractivity contribution in [3.63, 3.8) is 0 Å². The number of aliphatic hydroxyl groups is 2. The van der Waals surface area contributed by atoms with Gasteiger partial charge in [0, 0.05) is 51.9 Å². The van der Waals surface area contributed by atoms with E-state index in [1.54, 1.807) is 24.5 Å². The van der Waals surface area contributed by atoms with Crippen LogP contribution in [0.25, 0.3) is 33.0 Å². The zero-order valence-electron chi connectivity index (χ0n) is 18.2. The van der Waals surface area contributed by atoms with Gasteiger partial charge in [-0.2, -0.15) is 0 Å². The summed E-state index contributed by atoms with van der Waals surface area (Å²) in [6.07, 6.45) is 5.35. The normalized spacial score (nSPS) is 14.6. The second-order valence-electron chi connectivity index (χ2n) is 8.35. The highest BCUT2D eigenvalue weighted by Crippen LogP contribution is 2.39. The lowest BCUT2D eigenvalue weighted by Crippen LogP contribution is -2.22. The lowest BCUT2D eigenvalue weighted by Gasteiger charge is -2.17. The van der Waals surface area contributed by atoms with Gasteiger partial charge in [-0.15, -0.1) is 0 Å². The molecule has 0 radical (unpaired) electrons. The number of rotatable bonds is 4. The van der Waals surface area contributed by atoms with Gasteiger partial charge in [-0.3, -0.25) is 9.59 Å². The summed E-state index contributed by atoms with van der Waals surface area (Å²) in [5.41, 5.74) is 3.15. The Morgan fingerprint density at radius 3 is 2.18 bits per heavy atom. The molecule has 1 aliphatic carbocycles. The van der Waals surface area contributed by atoms with Crippen LogP contribution in [-0.2, 0) is 16.1 Å². The van der Waals surface area contributed by atoms with E-state index in [-0.39, 0.29) is 11.1 Å². The van der Waals surface area contributed by atoms with E-state index in [4.69, 9.17) is 0 Å². The van der Waals surface area contributed by atoms with Gasteiger partial charge >= 0.3 is 0 Å². The number of hydrogen-bond acceptors (Lipinski definition) is 4. The van der Waals surface area contributed by atoms with Crippen molar-refractivity contribution in [3.8, 4) is 0 Å². The fourth-order valence-electron chi connectivity index (χ4n) is 4.34. The Morgan fingerprint density at radius 1 is 0.879 bits per heavy atom. The van der Waals surface area contributed by atoms with E-state index >= 15 is 0 Å². The maximum Gasteiger partial charge on any atom is 0.232 e. The van der Waals surface area contributed by atoms with Crippen molar-refractivity contribution in [3.05, 3.63) is 95.2 Å². The zero-order valence-corrected chi connectivity index (χ0v) is 18.2. The molecule has 33 heavy (non-hydrogen) atoms. The number of nitrogens with one attached hydrogen (secondary N) is 1. The molecule has 0 fully saturated rings. The third kappa shape index (κ3) is 3.19. The van der Waals surface area contributed by atoms with Crippen molar-refractivity contribution >= 4 is 44.5 Å². The molecule has 0 aliphatic heterocycles. The predicted octanol–water partition coefficient (Wildman–Crippen LogP) is 5.48. The van der Waals surface area contributed by atoms with Gasteiger partial charge in [0.15, 0.2) is 11.5 Å². The molecule has 5 rings (SSSR count). The Bertz CT molecular complexity index is 1560. The number of hydrogen-bond donors (Lipinski definition) is 3. The Labute approximate surface area is 189 Å². The molecule has 164 valence electrons. The fraction of sp³-hybridized carbons (Fsp3) is 0.111. The Morgan fingerprint density at radius 2 is 1.48 bits per heavy atom. The third-order valence-corrected chi connectivity index (χ3v) is 5.97. The summed E-state index contributed by atoms with van der Waals surface area (Å²) in [7, 11) is 0. The Kier molecular flexibility index (Phi) is 4.78. The number of H-pyrrole nitrogens is 1.